The zero-order valence-corrected chi connectivity index (χ0v) is 14.4. The molecule has 0 atom stereocenters. The molecule has 0 aliphatic rings. The second kappa shape index (κ2) is 9.07. The zero-order chi connectivity index (χ0) is 14.9. The Morgan fingerprint density at radius 3 is 2.57 bits per heavy atom. The van der Waals surface area contributed by atoms with Gasteiger partial charge in [-0.1, -0.05) is 27.7 Å². The lowest BCUT2D eigenvalue weighted by Crippen LogP contribution is -2.27. The first-order chi connectivity index (χ1) is 10.2. The largest absolute Gasteiger partial charge is 0.355 e. The van der Waals surface area contributed by atoms with Gasteiger partial charge in [0, 0.05) is 34.1 Å². The number of hydrogen-bond donors (Lipinski definition) is 1. The van der Waals surface area contributed by atoms with Crippen LogP contribution in [0.2, 0.25) is 0 Å². The van der Waals surface area contributed by atoms with Gasteiger partial charge in [0.2, 0.25) is 5.91 Å². The summed E-state index contributed by atoms with van der Waals surface area (Å²) in [7, 11) is 0. The summed E-state index contributed by atoms with van der Waals surface area (Å²) >= 11 is 6.46. The van der Waals surface area contributed by atoms with Crippen LogP contribution in [-0.2, 0) is 4.79 Å². The number of rotatable bonds is 7. The summed E-state index contributed by atoms with van der Waals surface area (Å²) < 4.78 is 1.07. The quantitative estimate of drug-likeness (QED) is 0.451. The number of benzene rings is 1. The molecule has 1 amide bonds. The molecule has 0 saturated carbocycles. The first kappa shape index (κ1) is 16.3. The third-order valence-electron chi connectivity index (χ3n) is 2.38. The molecule has 0 unspecified atom stereocenters. The SMILES string of the molecule is O=C(CSc1ncccn1)NCCSc1ccc(Br)cc1. The number of amides is 1. The van der Waals surface area contributed by atoms with E-state index < -0.39 is 0 Å². The number of thioether (sulfide) groups is 2. The van der Waals surface area contributed by atoms with Gasteiger partial charge in [-0.05, 0) is 30.3 Å². The van der Waals surface area contributed by atoms with Crippen molar-refractivity contribution in [3.05, 3.63) is 47.2 Å². The summed E-state index contributed by atoms with van der Waals surface area (Å²) in [5.74, 6) is 1.19. The molecule has 2 aromatic rings. The second-order valence-corrected chi connectivity index (χ2v) is 7.00. The molecule has 0 bridgehead atoms. The van der Waals surface area contributed by atoms with Crippen molar-refractivity contribution in [3.63, 3.8) is 0 Å². The summed E-state index contributed by atoms with van der Waals surface area (Å²) in [6, 6.07) is 9.89. The number of carbonyl (C=O) groups is 1. The Bertz CT molecular complexity index is 566. The highest BCUT2D eigenvalue weighted by Crippen LogP contribution is 2.20. The first-order valence-electron chi connectivity index (χ1n) is 6.29. The van der Waals surface area contributed by atoms with Gasteiger partial charge in [0.25, 0.3) is 0 Å². The lowest BCUT2D eigenvalue weighted by Gasteiger charge is -2.05. The fraction of sp³-hybridized carbons (Fsp3) is 0.214. The van der Waals surface area contributed by atoms with E-state index in [0.29, 0.717) is 17.5 Å². The lowest BCUT2D eigenvalue weighted by atomic mass is 10.4. The Kier molecular flexibility index (Phi) is 7.05. The fourth-order valence-electron chi connectivity index (χ4n) is 1.43. The molecular weight excluding hydrogens is 370 g/mol. The van der Waals surface area contributed by atoms with E-state index in [1.807, 2.05) is 12.1 Å². The van der Waals surface area contributed by atoms with Crippen molar-refractivity contribution in [2.45, 2.75) is 10.1 Å². The van der Waals surface area contributed by atoms with Crippen molar-refractivity contribution in [2.75, 3.05) is 18.1 Å². The van der Waals surface area contributed by atoms with Gasteiger partial charge in [-0.3, -0.25) is 4.79 Å². The van der Waals surface area contributed by atoms with Crippen LogP contribution >= 0.6 is 39.5 Å². The van der Waals surface area contributed by atoms with Crippen molar-refractivity contribution in [3.8, 4) is 0 Å². The van der Waals surface area contributed by atoms with Crippen LogP contribution in [-0.4, -0.2) is 33.9 Å². The standard InChI is InChI=1S/C14H14BrN3OS2/c15-11-2-4-12(5-3-11)20-9-8-16-13(19)10-21-14-17-6-1-7-18-14/h1-7H,8-10H2,(H,16,19). The summed E-state index contributed by atoms with van der Waals surface area (Å²) in [5, 5.41) is 3.51. The van der Waals surface area contributed by atoms with E-state index in [4.69, 9.17) is 0 Å². The molecule has 1 heterocycles. The van der Waals surface area contributed by atoms with Gasteiger partial charge >= 0.3 is 0 Å². The molecule has 1 aromatic carbocycles. The van der Waals surface area contributed by atoms with Crippen LogP contribution in [0.25, 0.3) is 0 Å². The van der Waals surface area contributed by atoms with Gasteiger partial charge < -0.3 is 5.32 Å². The van der Waals surface area contributed by atoms with Crippen LogP contribution < -0.4 is 5.32 Å². The van der Waals surface area contributed by atoms with Crippen LogP contribution in [0.1, 0.15) is 0 Å². The molecule has 7 heteroatoms. The minimum absolute atomic E-state index is 0.00357. The predicted molar refractivity (Wildman–Crippen MR) is 90.6 cm³/mol. The smallest absolute Gasteiger partial charge is 0.230 e. The fourth-order valence-corrected chi connectivity index (χ4v) is 3.10. The maximum atomic E-state index is 11.7. The van der Waals surface area contributed by atoms with Gasteiger partial charge in [0.1, 0.15) is 0 Å². The van der Waals surface area contributed by atoms with Gasteiger partial charge in [-0.25, -0.2) is 9.97 Å². The highest BCUT2D eigenvalue weighted by atomic mass is 79.9. The molecule has 0 fully saturated rings. The van der Waals surface area contributed by atoms with E-state index in [1.165, 1.54) is 16.7 Å². The molecule has 1 N–H and O–H groups in total. The number of nitrogens with one attached hydrogen (secondary N) is 1. The van der Waals surface area contributed by atoms with Crippen LogP contribution in [0, 0.1) is 0 Å². The van der Waals surface area contributed by atoms with Crippen LogP contribution in [0.5, 0.6) is 0 Å². The summed E-state index contributed by atoms with van der Waals surface area (Å²) in [6.45, 7) is 0.649. The molecule has 0 radical (unpaired) electrons. The van der Waals surface area contributed by atoms with E-state index in [0.717, 1.165) is 10.2 Å². The Balaban J connectivity index is 1.60. The maximum Gasteiger partial charge on any atom is 0.230 e. The van der Waals surface area contributed by atoms with E-state index in [-0.39, 0.29) is 5.91 Å². The van der Waals surface area contributed by atoms with Crippen molar-refractivity contribution < 1.29 is 4.79 Å². The minimum Gasteiger partial charge on any atom is -0.355 e. The molecule has 0 aliphatic heterocycles. The number of hydrogen-bond acceptors (Lipinski definition) is 5. The van der Waals surface area contributed by atoms with E-state index in [9.17, 15) is 4.79 Å². The van der Waals surface area contributed by atoms with Crippen LogP contribution in [0.15, 0.2) is 57.3 Å². The molecule has 1 aromatic heterocycles. The van der Waals surface area contributed by atoms with Crippen molar-refractivity contribution in [2.24, 2.45) is 0 Å². The van der Waals surface area contributed by atoms with Crippen molar-refractivity contribution >= 4 is 45.4 Å². The Labute approximate surface area is 140 Å². The van der Waals surface area contributed by atoms with Gasteiger partial charge in [-0.2, -0.15) is 0 Å². The second-order valence-electron chi connectivity index (χ2n) is 3.97. The highest BCUT2D eigenvalue weighted by Gasteiger charge is 2.03. The average molecular weight is 384 g/mol. The van der Waals surface area contributed by atoms with E-state index in [2.05, 4.69) is 43.3 Å². The van der Waals surface area contributed by atoms with Crippen molar-refractivity contribution in [1.82, 2.24) is 15.3 Å². The molecule has 4 nitrogen and oxygen atoms in total. The van der Waals surface area contributed by atoms with Gasteiger partial charge in [-0.15, -0.1) is 11.8 Å². The summed E-state index contributed by atoms with van der Waals surface area (Å²) in [5.41, 5.74) is 0. The number of aromatic nitrogens is 2. The number of halogens is 1. The monoisotopic (exact) mass is 383 g/mol. The summed E-state index contributed by atoms with van der Waals surface area (Å²) in [4.78, 5) is 21.0. The molecule has 0 saturated heterocycles. The lowest BCUT2D eigenvalue weighted by molar-refractivity contribution is -0.118. The molecule has 2 rings (SSSR count). The summed E-state index contributed by atoms with van der Waals surface area (Å²) in [6.07, 6.45) is 3.34. The zero-order valence-electron chi connectivity index (χ0n) is 11.2. The molecule has 0 spiro atoms. The third kappa shape index (κ3) is 6.50. The Hall–Kier alpha value is -1.05. The average Bonchev–Trinajstić information content (AvgIpc) is 2.52. The Morgan fingerprint density at radius 2 is 1.86 bits per heavy atom. The molecule has 110 valence electrons. The first-order valence-corrected chi connectivity index (χ1v) is 9.05. The van der Waals surface area contributed by atoms with E-state index >= 15 is 0 Å². The topological polar surface area (TPSA) is 54.9 Å². The number of carbonyl (C=O) groups excluding carboxylic acids is 1. The highest BCUT2D eigenvalue weighted by molar-refractivity contribution is 9.10. The number of nitrogens with zero attached hydrogens (tertiary/aromatic N) is 2. The van der Waals surface area contributed by atoms with Crippen LogP contribution in [0.3, 0.4) is 0 Å². The van der Waals surface area contributed by atoms with Crippen molar-refractivity contribution in [1.29, 1.82) is 0 Å². The molecular formula is C14H14BrN3OS2. The van der Waals surface area contributed by atoms with Gasteiger partial charge in [0.15, 0.2) is 5.16 Å². The molecule has 0 aliphatic carbocycles. The third-order valence-corrected chi connectivity index (χ3v) is 4.80. The maximum absolute atomic E-state index is 11.7. The Morgan fingerprint density at radius 1 is 1.14 bits per heavy atom. The van der Waals surface area contributed by atoms with Crippen LogP contribution in [0.4, 0.5) is 0 Å². The van der Waals surface area contributed by atoms with E-state index in [1.54, 1.807) is 30.2 Å². The molecule has 21 heavy (non-hydrogen) atoms. The normalized spacial score (nSPS) is 10.3. The minimum atomic E-state index is 0.00357. The predicted octanol–water partition coefficient (Wildman–Crippen LogP) is 3.24. The van der Waals surface area contributed by atoms with Gasteiger partial charge in [0.05, 0.1) is 5.75 Å².